The van der Waals surface area contributed by atoms with E-state index >= 15 is 0 Å². The molecule has 4 heteroatoms. The van der Waals surface area contributed by atoms with Gasteiger partial charge < -0.3 is 5.32 Å². The summed E-state index contributed by atoms with van der Waals surface area (Å²) in [5.41, 5.74) is 0.435. The Morgan fingerprint density at radius 2 is 2.07 bits per heavy atom. The average Bonchev–Trinajstić information content (AvgIpc) is 2.42. The zero-order valence-corrected chi connectivity index (χ0v) is 8.67. The monoisotopic (exact) mass is 196 g/mol. The van der Waals surface area contributed by atoms with Crippen LogP contribution in [0.15, 0.2) is 11.8 Å². The maximum absolute atomic E-state index is 11.5. The SMILES string of the molecule is CCCCNC1=CC(=O)N(CC)C1=O. The van der Waals surface area contributed by atoms with Gasteiger partial charge in [-0.1, -0.05) is 13.3 Å². The molecule has 0 radical (unpaired) electrons. The Kier molecular flexibility index (Phi) is 3.68. The summed E-state index contributed by atoms with van der Waals surface area (Å²) >= 11 is 0. The number of hydrogen-bond acceptors (Lipinski definition) is 3. The molecule has 0 saturated heterocycles. The van der Waals surface area contributed by atoms with Crippen molar-refractivity contribution in [2.24, 2.45) is 0 Å². The summed E-state index contributed by atoms with van der Waals surface area (Å²) < 4.78 is 0. The van der Waals surface area contributed by atoms with E-state index in [0.29, 0.717) is 12.2 Å². The van der Waals surface area contributed by atoms with Gasteiger partial charge in [0.05, 0.1) is 0 Å². The van der Waals surface area contributed by atoms with Crippen LogP contribution in [0.4, 0.5) is 0 Å². The van der Waals surface area contributed by atoms with Crippen molar-refractivity contribution in [2.45, 2.75) is 26.7 Å². The fourth-order valence-corrected chi connectivity index (χ4v) is 1.33. The summed E-state index contributed by atoms with van der Waals surface area (Å²) in [6, 6.07) is 0. The summed E-state index contributed by atoms with van der Waals surface area (Å²) in [6.07, 6.45) is 3.45. The zero-order chi connectivity index (χ0) is 10.6. The van der Waals surface area contributed by atoms with Crippen molar-refractivity contribution in [3.8, 4) is 0 Å². The molecular formula is C10H16N2O2. The van der Waals surface area contributed by atoms with Gasteiger partial charge in [0, 0.05) is 19.2 Å². The first kappa shape index (κ1) is 10.8. The lowest BCUT2D eigenvalue weighted by atomic mass is 10.3. The Balaban J connectivity index is 2.51. The van der Waals surface area contributed by atoms with Crippen molar-refractivity contribution in [3.05, 3.63) is 11.8 Å². The van der Waals surface area contributed by atoms with Crippen molar-refractivity contribution in [3.63, 3.8) is 0 Å². The molecule has 1 N–H and O–H groups in total. The number of carbonyl (C=O) groups is 2. The summed E-state index contributed by atoms with van der Waals surface area (Å²) in [5, 5.41) is 2.98. The Hall–Kier alpha value is -1.32. The van der Waals surface area contributed by atoms with Gasteiger partial charge >= 0.3 is 0 Å². The van der Waals surface area contributed by atoms with Crippen LogP contribution in [-0.2, 0) is 9.59 Å². The predicted octanol–water partition coefficient (Wildman–Crippen LogP) is 0.649. The molecule has 0 fully saturated rings. The van der Waals surface area contributed by atoms with Crippen LogP contribution in [0.5, 0.6) is 0 Å². The minimum Gasteiger partial charge on any atom is -0.380 e. The molecule has 1 heterocycles. The largest absolute Gasteiger partial charge is 0.380 e. The summed E-state index contributed by atoms with van der Waals surface area (Å²) in [6.45, 7) is 5.06. The van der Waals surface area contributed by atoms with Gasteiger partial charge in [-0.25, -0.2) is 0 Å². The molecule has 0 atom stereocenters. The van der Waals surface area contributed by atoms with Gasteiger partial charge in [0.25, 0.3) is 11.8 Å². The zero-order valence-electron chi connectivity index (χ0n) is 8.67. The number of carbonyl (C=O) groups excluding carboxylic acids is 2. The first-order valence-corrected chi connectivity index (χ1v) is 5.02. The summed E-state index contributed by atoms with van der Waals surface area (Å²) in [5.74, 6) is -0.412. The molecule has 1 rings (SSSR count). The maximum Gasteiger partial charge on any atom is 0.276 e. The summed E-state index contributed by atoms with van der Waals surface area (Å²) in [4.78, 5) is 24.0. The second-order valence-corrected chi connectivity index (χ2v) is 3.23. The van der Waals surface area contributed by atoms with Crippen molar-refractivity contribution >= 4 is 11.8 Å². The van der Waals surface area contributed by atoms with Crippen molar-refractivity contribution in [1.29, 1.82) is 0 Å². The number of rotatable bonds is 5. The molecule has 4 nitrogen and oxygen atoms in total. The predicted molar refractivity (Wildman–Crippen MR) is 53.4 cm³/mol. The molecule has 0 aromatic heterocycles. The highest BCUT2D eigenvalue weighted by atomic mass is 16.2. The minimum absolute atomic E-state index is 0.200. The Labute approximate surface area is 84.0 Å². The van der Waals surface area contributed by atoms with Crippen molar-refractivity contribution in [2.75, 3.05) is 13.1 Å². The van der Waals surface area contributed by atoms with Crippen LogP contribution in [0.25, 0.3) is 0 Å². The van der Waals surface area contributed by atoms with E-state index in [1.54, 1.807) is 6.92 Å². The highest BCUT2D eigenvalue weighted by Crippen LogP contribution is 2.09. The van der Waals surface area contributed by atoms with Gasteiger partial charge in [0.2, 0.25) is 0 Å². The van der Waals surface area contributed by atoms with E-state index in [0.717, 1.165) is 19.4 Å². The lowest BCUT2D eigenvalue weighted by molar-refractivity contribution is -0.137. The molecular weight excluding hydrogens is 180 g/mol. The van der Waals surface area contributed by atoms with Crippen molar-refractivity contribution < 1.29 is 9.59 Å². The van der Waals surface area contributed by atoms with Gasteiger partial charge in [0.15, 0.2) is 0 Å². The molecule has 0 aromatic rings. The lowest BCUT2D eigenvalue weighted by Crippen LogP contribution is -2.33. The third-order valence-corrected chi connectivity index (χ3v) is 2.17. The van der Waals surface area contributed by atoms with Crippen LogP contribution in [0.1, 0.15) is 26.7 Å². The molecule has 14 heavy (non-hydrogen) atoms. The normalized spacial score (nSPS) is 16.1. The Bertz CT molecular complexity index is 271. The van der Waals surface area contributed by atoms with E-state index < -0.39 is 0 Å². The van der Waals surface area contributed by atoms with E-state index in [2.05, 4.69) is 12.2 Å². The first-order valence-electron chi connectivity index (χ1n) is 5.02. The lowest BCUT2D eigenvalue weighted by Gasteiger charge is -2.11. The average molecular weight is 196 g/mol. The second-order valence-electron chi connectivity index (χ2n) is 3.23. The molecule has 0 bridgehead atoms. The van der Waals surface area contributed by atoms with Crippen LogP contribution < -0.4 is 5.32 Å². The van der Waals surface area contributed by atoms with Crippen LogP contribution in [0.2, 0.25) is 0 Å². The number of nitrogens with zero attached hydrogens (tertiary/aromatic N) is 1. The number of unbranched alkanes of at least 4 members (excludes halogenated alkanes) is 1. The van der Waals surface area contributed by atoms with E-state index in [1.807, 2.05) is 0 Å². The van der Waals surface area contributed by atoms with E-state index in [1.165, 1.54) is 11.0 Å². The third kappa shape index (κ3) is 2.13. The van der Waals surface area contributed by atoms with Gasteiger partial charge in [-0.15, -0.1) is 0 Å². The quantitative estimate of drug-likeness (QED) is 0.519. The number of nitrogens with one attached hydrogen (secondary N) is 1. The number of hydrogen-bond donors (Lipinski definition) is 1. The van der Waals surface area contributed by atoms with E-state index in [4.69, 9.17) is 0 Å². The minimum atomic E-state index is -0.212. The van der Waals surface area contributed by atoms with Crippen LogP contribution in [0.3, 0.4) is 0 Å². The number of imide groups is 1. The molecule has 1 aliphatic heterocycles. The molecule has 2 amide bonds. The smallest absolute Gasteiger partial charge is 0.276 e. The van der Waals surface area contributed by atoms with Crippen LogP contribution in [-0.4, -0.2) is 29.8 Å². The molecule has 0 saturated carbocycles. The molecule has 1 aliphatic rings. The van der Waals surface area contributed by atoms with Gasteiger partial charge in [0.1, 0.15) is 5.70 Å². The highest BCUT2D eigenvalue weighted by molar-refractivity contribution is 6.15. The number of amides is 2. The Morgan fingerprint density at radius 1 is 1.36 bits per heavy atom. The van der Waals surface area contributed by atoms with Gasteiger partial charge in [-0.05, 0) is 13.3 Å². The van der Waals surface area contributed by atoms with E-state index in [-0.39, 0.29) is 11.8 Å². The highest BCUT2D eigenvalue weighted by Gasteiger charge is 2.28. The van der Waals surface area contributed by atoms with Gasteiger partial charge in [-0.3, -0.25) is 14.5 Å². The third-order valence-electron chi connectivity index (χ3n) is 2.17. The molecule has 0 aliphatic carbocycles. The van der Waals surface area contributed by atoms with E-state index in [9.17, 15) is 9.59 Å². The molecule has 0 spiro atoms. The second kappa shape index (κ2) is 4.79. The van der Waals surface area contributed by atoms with Crippen LogP contribution in [0, 0.1) is 0 Å². The maximum atomic E-state index is 11.5. The molecule has 0 aromatic carbocycles. The number of likely N-dealkylation sites (N-methyl/N-ethyl adjacent to an activating group) is 1. The fourth-order valence-electron chi connectivity index (χ4n) is 1.33. The van der Waals surface area contributed by atoms with Crippen LogP contribution >= 0.6 is 0 Å². The molecule has 78 valence electrons. The Morgan fingerprint density at radius 3 is 2.57 bits per heavy atom. The van der Waals surface area contributed by atoms with Crippen molar-refractivity contribution in [1.82, 2.24) is 10.2 Å². The topological polar surface area (TPSA) is 49.4 Å². The first-order chi connectivity index (χ1) is 6.70. The standard InChI is InChI=1S/C10H16N2O2/c1-3-5-6-11-8-7-9(13)12(4-2)10(8)14/h7,11H,3-6H2,1-2H3. The summed E-state index contributed by atoms with van der Waals surface area (Å²) in [7, 11) is 0. The molecule has 0 unspecified atom stereocenters. The van der Waals surface area contributed by atoms with Gasteiger partial charge in [-0.2, -0.15) is 0 Å². The fraction of sp³-hybridized carbons (Fsp3) is 0.600.